The fourth-order valence-electron chi connectivity index (χ4n) is 0.913. The number of hydrogen-bond donors (Lipinski definition) is 2. The van der Waals surface area contributed by atoms with E-state index in [2.05, 4.69) is 10.1 Å². The van der Waals surface area contributed by atoms with Gasteiger partial charge < -0.3 is 15.1 Å². The Morgan fingerprint density at radius 2 is 2.31 bits per heavy atom. The summed E-state index contributed by atoms with van der Waals surface area (Å²) in [7, 11) is 1.43. The Hall–Kier alpha value is -1.78. The molecule has 0 aliphatic rings. The van der Waals surface area contributed by atoms with Crippen molar-refractivity contribution < 1.29 is 15.1 Å². The predicted octanol–water partition coefficient (Wildman–Crippen LogP) is 0.994. The number of nitrogens with zero attached hydrogens (tertiary/aromatic N) is 2. The van der Waals surface area contributed by atoms with Crippen molar-refractivity contribution in [3.05, 3.63) is 18.0 Å². The fourth-order valence-corrected chi connectivity index (χ4v) is 0.913. The summed E-state index contributed by atoms with van der Waals surface area (Å²) in [6.45, 7) is 1.53. The lowest BCUT2D eigenvalue weighted by atomic mass is 10.2. The van der Waals surface area contributed by atoms with Crippen molar-refractivity contribution in [3.63, 3.8) is 0 Å². The maximum Gasteiger partial charge on any atom is 0.186 e. The molecule has 0 saturated heterocycles. The first-order valence-corrected chi connectivity index (χ1v) is 3.61. The van der Waals surface area contributed by atoms with E-state index in [1.807, 2.05) is 0 Å². The van der Waals surface area contributed by atoms with E-state index in [9.17, 15) is 5.11 Å². The molecule has 70 valence electrons. The van der Waals surface area contributed by atoms with Crippen molar-refractivity contribution in [1.82, 2.24) is 4.98 Å². The molecule has 0 aromatic carbocycles. The second kappa shape index (κ2) is 3.75. The summed E-state index contributed by atoms with van der Waals surface area (Å²) < 4.78 is 4.85. The van der Waals surface area contributed by atoms with E-state index in [1.165, 1.54) is 26.3 Å². The highest BCUT2D eigenvalue weighted by Gasteiger charge is 2.11. The molecular weight excluding hydrogens is 172 g/mol. The minimum absolute atomic E-state index is 0.125. The van der Waals surface area contributed by atoms with Crippen LogP contribution < -0.4 is 4.74 Å². The van der Waals surface area contributed by atoms with Gasteiger partial charge in [0.1, 0.15) is 11.4 Å². The molecule has 5 nitrogen and oxygen atoms in total. The molecule has 13 heavy (non-hydrogen) atoms. The van der Waals surface area contributed by atoms with E-state index >= 15 is 0 Å². The predicted molar refractivity (Wildman–Crippen MR) is 46.5 cm³/mol. The van der Waals surface area contributed by atoms with Gasteiger partial charge in [0.25, 0.3) is 0 Å². The minimum atomic E-state index is -0.125. The van der Waals surface area contributed by atoms with Crippen LogP contribution in [0.5, 0.6) is 11.5 Å². The Morgan fingerprint density at radius 1 is 1.62 bits per heavy atom. The average Bonchev–Trinajstić information content (AvgIpc) is 2.17. The van der Waals surface area contributed by atoms with Gasteiger partial charge >= 0.3 is 0 Å². The van der Waals surface area contributed by atoms with E-state index < -0.39 is 0 Å². The van der Waals surface area contributed by atoms with Gasteiger partial charge in [-0.05, 0) is 6.92 Å². The molecule has 2 N–H and O–H groups in total. The lowest BCUT2D eigenvalue weighted by Gasteiger charge is -2.05. The molecule has 0 radical (unpaired) electrons. The minimum Gasteiger partial charge on any atom is -0.503 e. The maximum atomic E-state index is 9.51. The van der Waals surface area contributed by atoms with Gasteiger partial charge in [0.15, 0.2) is 11.5 Å². The highest BCUT2D eigenvalue weighted by atomic mass is 16.5. The summed E-state index contributed by atoms with van der Waals surface area (Å²) >= 11 is 0. The van der Waals surface area contributed by atoms with Gasteiger partial charge in [-0.25, -0.2) is 0 Å². The summed E-state index contributed by atoms with van der Waals surface area (Å²) in [5, 5.41) is 20.9. The van der Waals surface area contributed by atoms with E-state index in [1.54, 1.807) is 0 Å². The second-order valence-corrected chi connectivity index (χ2v) is 2.40. The van der Waals surface area contributed by atoms with Crippen molar-refractivity contribution in [1.29, 1.82) is 0 Å². The van der Waals surface area contributed by atoms with Crippen molar-refractivity contribution in [2.45, 2.75) is 6.92 Å². The normalized spacial score (nSPS) is 11.4. The molecule has 0 bridgehead atoms. The zero-order chi connectivity index (χ0) is 9.84. The fraction of sp³-hybridized carbons (Fsp3) is 0.250. The van der Waals surface area contributed by atoms with Gasteiger partial charge in [0.2, 0.25) is 0 Å². The van der Waals surface area contributed by atoms with Crippen molar-refractivity contribution in [3.8, 4) is 11.5 Å². The smallest absolute Gasteiger partial charge is 0.186 e. The topological polar surface area (TPSA) is 74.9 Å². The number of aromatic nitrogens is 1. The Bertz CT molecular complexity index is 336. The number of hydrogen-bond acceptors (Lipinski definition) is 5. The zero-order valence-corrected chi connectivity index (χ0v) is 7.35. The van der Waals surface area contributed by atoms with Gasteiger partial charge in [-0.1, -0.05) is 5.16 Å². The zero-order valence-electron chi connectivity index (χ0n) is 7.35. The lowest BCUT2D eigenvalue weighted by molar-refractivity contribution is 0.318. The molecule has 0 atom stereocenters. The van der Waals surface area contributed by atoms with Gasteiger partial charge in [-0.3, -0.25) is 4.98 Å². The van der Waals surface area contributed by atoms with Gasteiger partial charge in [-0.2, -0.15) is 0 Å². The quantitative estimate of drug-likeness (QED) is 0.406. The monoisotopic (exact) mass is 182 g/mol. The molecule has 1 aromatic heterocycles. The van der Waals surface area contributed by atoms with Crippen molar-refractivity contribution >= 4 is 5.71 Å². The number of rotatable bonds is 2. The Labute approximate surface area is 75.3 Å². The Morgan fingerprint density at radius 3 is 2.85 bits per heavy atom. The number of oxime groups is 1. The molecule has 1 rings (SSSR count). The summed E-state index contributed by atoms with van der Waals surface area (Å²) in [4.78, 5) is 3.84. The van der Waals surface area contributed by atoms with Crippen LogP contribution in [0.2, 0.25) is 0 Å². The maximum absolute atomic E-state index is 9.51. The van der Waals surface area contributed by atoms with Gasteiger partial charge in [0.05, 0.1) is 7.11 Å². The molecular formula is C8H10N2O3. The highest BCUT2D eigenvalue weighted by molar-refractivity contribution is 5.99. The van der Waals surface area contributed by atoms with Crippen LogP contribution in [-0.2, 0) is 0 Å². The average molecular weight is 182 g/mol. The molecule has 5 heteroatoms. The molecule has 0 unspecified atom stereocenters. The molecule has 0 aliphatic carbocycles. The number of ether oxygens (including phenoxy) is 1. The molecule has 0 fully saturated rings. The SMILES string of the molecule is COc1ccnc(/C(C)=N/O)c1O. The molecule has 0 amide bonds. The van der Waals surface area contributed by atoms with Crippen LogP contribution in [0, 0.1) is 0 Å². The molecule has 1 aromatic rings. The number of aromatic hydroxyl groups is 1. The van der Waals surface area contributed by atoms with Crippen molar-refractivity contribution in [2.24, 2.45) is 5.16 Å². The van der Waals surface area contributed by atoms with Crippen LogP contribution >= 0.6 is 0 Å². The number of methoxy groups -OCH3 is 1. The summed E-state index contributed by atoms with van der Waals surface area (Å²) in [5.74, 6) is 0.174. The third-order valence-electron chi connectivity index (χ3n) is 1.60. The lowest BCUT2D eigenvalue weighted by Crippen LogP contribution is -2.00. The first-order valence-electron chi connectivity index (χ1n) is 3.61. The van der Waals surface area contributed by atoms with Crippen LogP contribution in [-0.4, -0.2) is 28.1 Å². The molecule has 1 heterocycles. The summed E-state index contributed by atoms with van der Waals surface area (Å²) in [6.07, 6.45) is 1.46. The molecule has 0 saturated carbocycles. The van der Waals surface area contributed by atoms with Crippen LogP contribution in [0.4, 0.5) is 0 Å². The third-order valence-corrected chi connectivity index (χ3v) is 1.60. The van der Waals surface area contributed by atoms with E-state index in [4.69, 9.17) is 9.94 Å². The largest absolute Gasteiger partial charge is 0.503 e. The highest BCUT2D eigenvalue weighted by Crippen LogP contribution is 2.27. The van der Waals surface area contributed by atoms with Gasteiger partial charge in [0, 0.05) is 12.3 Å². The van der Waals surface area contributed by atoms with E-state index in [0.717, 1.165) is 0 Å². The van der Waals surface area contributed by atoms with E-state index in [-0.39, 0.29) is 17.2 Å². The summed E-state index contributed by atoms with van der Waals surface area (Å²) in [5.41, 5.74) is 0.443. The van der Waals surface area contributed by atoms with Crippen LogP contribution in [0.25, 0.3) is 0 Å². The Kier molecular flexibility index (Phi) is 2.69. The van der Waals surface area contributed by atoms with Crippen LogP contribution in [0.15, 0.2) is 17.4 Å². The first-order chi connectivity index (χ1) is 6.20. The van der Waals surface area contributed by atoms with E-state index in [0.29, 0.717) is 5.75 Å². The Balaban J connectivity index is 3.23. The first kappa shape index (κ1) is 9.31. The summed E-state index contributed by atoms with van der Waals surface area (Å²) in [6, 6.07) is 1.52. The standard InChI is InChI=1S/C8H10N2O3/c1-5(10-12)7-8(11)6(13-2)3-4-9-7/h3-4,11-12H,1-2H3/b10-5+. The molecule has 0 spiro atoms. The molecule has 0 aliphatic heterocycles. The van der Waals surface area contributed by atoms with Crippen LogP contribution in [0.1, 0.15) is 12.6 Å². The van der Waals surface area contributed by atoms with Crippen LogP contribution in [0.3, 0.4) is 0 Å². The number of pyridine rings is 1. The third kappa shape index (κ3) is 1.69. The van der Waals surface area contributed by atoms with Crippen molar-refractivity contribution in [2.75, 3.05) is 7.11 Å². The second-order valence-electron chi connectivity index (χ2n) is 2.40. The van der Waals surface area contributed by atoms with Gasteiger partial charge in [-0.15, -0.1) is 0 Å².